The zero-order valence-electron chi connectivity index (χ0n) is 7.43. The van der Waals surface area contributed by atoms with E-state index in [1.807, 2.05) is 6.92 Å². The number of aliphatic hydroxyl groups excluding tert-OH is 2. The van der Waals surface area contributed by atoms with Crippen molar-refractivity contribution in [3.8, 4) is 0 Å². The highest BCUT2D eigenvalue weighted by molar-refractivity contribution is 4.90. The van der Waals surface area contributed by atoms with E-state index in [4.69, 9.17) is 14.6 Å². The van der Waals surface area contributed by atoms with Gasteiger partial charge in [-0.25, -0.2) is 0 Å². The second kappa shape index (κ2) is 4.18. The quantitative estimate of drug-likeness (QED) is 0.610. The third-order valence-electron chi connectivity index (χ3n) is 2.29. The Labute approximate surface area is 72.1 Å². The van der Waals surface area contributed by atoms with Crippen molar-refractivity contribution in [3.63, 3.8) is 0 Å². The summed E-state index contributed by atoms with van der Waals surface area (Å²) in [6.45, 7) is 1.81. The molecule has 0 bridgehead atoms. The molecule has 1 saturated heterocycles. The van der Waals surface area contributed by atoms with Gasteiger partial charge < -0.3 is 19.7 Å². The molecule has 1 aliphatic heterocycles. The summed E-state index contributed by atoms with van der Waals surface area (Å²) in [5, 5.41) is 18.4. The van der Waals surface area contributed by atoms with Crippen LogP contribution in [0.4, 0.5) is 0 Å². The summed E-state index contributed by atoms with van der Waals surface area (Å²) in [5.74, 6) is 0. The molecule has 1 aliphatic rings. The average Bonchev–Trinajstić information content (AvgIpc) is 2.41. The molecule has 0 aromatic carbocycles. The molecular formula is C8H16O4. The third kappa shape index (κ3) is 1.61. The molecule has 0 amide bonds. The second-order valence-electron chi connectivity index (χ2n) is 2.99. The maximum Gasteiger partial charge on any atom is 0.112 e. The summed E-state index contributed by atoms with van der Waals surface area (Å²) in [4.78, 5) is 0. The largest absolute Gasteiger partial charge is 0.394 e. The highest BCUT2D eigenvalue weighted by Crippen LogP contribution is 2.25. The molecule has 4 heteroatoms. The summed E-state index contributed by atoms with van der Waals surface area (Å²) in [7, 11) is 1.54. The van der Waals surface area contributed by atoms with Crippen molar-refractivity contribution in [1.82, 2.24) is 0 Å². The van der Waals surface area contributed by atoms with Crippen molar-refractivity contribution in [2.24, 2.45) is 0 Å². The number of ether oxygens (including phenoxy) is 2. The van der Waals surface area contributed by atoms with Gasteiger partial charge in [0.15, 0.2) is 0 Å². The van der Waals surface area contributed by atoms with Crippen LogP contribution in [0.3, 0.4) is 0 Å². The van der Waals surface area contributed by atoms with Gasteiger partial charge in [0.05, 0.1) is 12.7 Å². The zero-order valence-corrected chi connectivity index (χ0v) is 7.43. The van der Waals surface area contributed by atoms with Gasteiger partial charge in [-0.1, -0.05) is 6.92 Å². The lowest BCUT2D eigenvalue weighted by Gasteiger charge is -2.16. The molecule has 4 unspecified atom stereocenters. The first-order valence-corrected chi connectivity index (χ1v) is 4.21. The molecule has 4 nitrogen and oxygen atoms in total. The van der Waals surface area contributed by atoms with E-state index >= 15 is 0 Å². The van der Waals surface area contributed by atoms with Crippen LogP contribution >= 0.6 is 0 Å². The normalized spacial score (nSPS) is 42.0. The predicted molar refractivity (Wildman–Crippen MR) is 42.8 cm³/mol. The van der Waals surface area contributed by atoms with Crippen LogP contribution in [0.5, 0.6) is 0 Å². The van der Waals surface area contributed by atoms with E-state index < -0.39 is 12.2 Å². The lowest BCUT2D eigenvalue weighted by atomic mass is 10.1. The predicted octanol–water partition coefficient (Wildman–Crippen LogP) is -0.468. The molecule has 0 saturated carbocycles. The molecule has 12 heavy (non-hydrogen) atoms. The molecule has 0 spiro atoms. The lowest BCUT2D eigenvalue weighted by molar-refractivity contribution is -0.0232. The van der Waals surface area contributed by atoms with Crippen LogP contribution in [0, 0.1) is 0 Å². The minimum Gasteiger partial charge on any atom is -0.394 e. The molecule has 0 aromatic heterocycles. The monoisotopic (exact) mass is 176 g/mol. The molecule has 0 aromatic rings. The van der Waals surface area contributed by atoms with Gasteiger partial charge in [0.25, 0.3) is 0 Å². The Morgan fingerprint density at radius 2 is 2.08 bits per heavy atom. The smallest absolute Gasteiger partial charge is 0.112 e. The Kier molecular flexibility index (Phi) is 3.46. The lowest BCUT2D eigenvalue weighted by Crippen LogP contribution is -2.35. The highest BCUT2D eigenvalue weighted by atomic mass is 16.6. The van der Waals surface area contributed by atoms with Crippen LogP contribution in [-0.2, 0) is 9.47 Å². The Hall–Kier alpha value is -0.160. The van der Waals surface area contributed by atoms with Gasteiger partial charge in [0.2, 0.25) is 0 Å². The number of aliphatic hydroxyl groups is 2. The molecule has 72 valence electrons. The second-order valence-corrected chi connectivity index (χ2v) is 2.99. The summed E-state index contributed by atoms with van der Waals surface area (Å²) in [5.41, 5.74) is 0. The first kappa shape index (κ1) is 9.92. The van der Waals surface area contributed by atoms with Gasteiger partial charge in [-0.15, -0.1) is 0 Å². The maximum absolute atomic E-state index is 9.54. The number of hydrogen-bond donors (Lipinski definition) is 2. The first-order chi connectivity index (χ1) is 5.74. The van der Waals surface area contributed by atoms with Crippen molar-refractivity contribution in [1.29, 1.82) is 0 Å². The average molecular weight is 176 g/mol. The number of methoxy groups -OCH3 is 1. The van der Waals surface area contributed by atoms with Gasteiger partial charge in [-0.3, -0.25) is 0 Å². The van der Waals surface area contributed by atoms with Crippen LogP contribution in [0.25, 0.3) is 0 Å². The van der Waals surface area contributed by atoms with E-state index in [2.05, 4.69) is 0 Å². The molecular weight excluding hydrogens is 160 g/mol. The van der Waals surface area contributed by atoms with Crippen molar-refractivity contribution in [3.05, 3.63) is 0 Å². The number of hydrogen-bond acceptors (Lipinski definition) is 4. The van der Waals surface area contributed by atoms with Crippen LogP contribution in [-0.4, -0.2) is 48.3 Å². The summed E-state index contributed by atoms with van der Waals surface area (Å²) >= 11 is 0. The topological polar surface area (TPSA) is 58.9 Å². The maximum atomic E-state index is 9.54. The Balaban J connectivity index is 2.58. The minimum absolute atomic E-state index is 0.0952. The molecule has 1 fully saturated rings. The fraction of sp³-hybridized carbons (Fsp3) is 1.00. The van der Waals surface area contributed by atoms with Gasteiger partial charge in [0.1, 0.15) is 18.3 Å². The molecule has 0 radical (unpaired) electrons. The van der Waals surface area contributed by atoms with Crippen LogP contribution in [0.2, 0.25) is 0 Å². The van der Waals surface area contributed by atoms with Gasteiger partial charge in [-0.2, -0.15) is 0 Å². The SMILES string of the molecule is CCC1OC(CO)C(O)C1OC. The summed E-state index contributed by atoms with van der Waals surface area (Å²) < 4.78 is 10.4. The minimum atomic E-state index is -0.704. The van der Waals surface area contributed by atoms with E-state index in [-0.39, 0.29) is 18.8 Å². The van der Waals surface area contributed by atoms with Crippen molar-refractivity contribution in [2.45, 2.75) is 37.8 Å². The van der Waals surface area contributed by atoms with Crippen LogP contribution < -0.4 is 0 Å². The Morgan fingerprint density at radius 3 is 2.42 bits per heavy atom. The Morgan fingerprint density at radius 1 is 1.42 bits per heavy atom. The van der Waals surface area contributed by atoms with E-state index in [9.17, 15) is 5.11 Å². The van der Waals surface area contributed by atoms with E-state index in [1.54, 1.807) is 7.11 Å². The van der Waals surface area contributed by atoms with Crippen molar-refractivity contribution < 1.29 is 19.7 Å². The van der Waals surface area contributed by atoms with Gasteiger partial charge in [-0.05, 0) is 6.42 Å². The third-order valence-corrected chi connectivity index (χ3v) is 2.29. The summed E-state index contributed by atoms with van der Waals surface area (Å²) in [6, 6.07) is 0. The fourth-order valence-corrected chi connectivity index (χ4v) is 1.58. The van der Waals surface area contributed by atoms with E-state index in [0.29, 0.717) is 0 Å². The van der Waals surface area contributed by atoms with Crippen molar-refractivity contribution >= 4 is 0 Å². The van der Waals surface area contributed by atoms with E-state index in [0.717, 1.165) is 6.42 Å². The van der Waals surface area contributed by atoms with Crippen molar-refractivity contribution in [2.75, 3.05) is 13.7 Å². The zero-order chi connectivity index (χ0) is 9.14. The summed E-state index contributed by atoms with van der Waals surface area (Å²) in [6.07, 6.45) is -0.800. The van der Waals surface area contributed by atoms with Crippen LogP contribution in [0.1, 0.15) is 13.3 Å². The molecule has 1 heterocycles. The van der Waals surface area contributed by atoms with E-state index in [1.165, 1.54) is 0 Å². The van der Waals surface area contributed by atoms with Gasteiger partial charge >= 0.3 is 0 Å². The fourth-order valence-electron chi connectivity index (χ4n) is 1.58. The standard InChI is InChI=1S/C8H16O4/c1-3-5-8(11-2)7(10)6(4-9)12-5/h5-10H,3-4H2,1-2H3. The molecule has 1 rings (SSSR count). The molecule has 4 atom stereocenters. The molecule has 0 aliphatic carbocycles. The first-order valence-electron chi connectivity index (χ1n) is 4.21. The Bertz CT molecular complexity index is 137. The molecule has 2 N–H and O–H groups in total. The van der Waals surface area contributed by atoms with Gasteiger partial charge in [0, 0.05) is 7.11 Å². The van der Waals surface area contributed by atoms with Crippen LogP contribution in [0.15, 0.2) is 0 Å². The number of rotatable bonds is 3. The highest BCUT2D eigenvalue weighted by Gasteiger charge is 2.42.